The van der Waals surface area contributed by atoms with Crippen molar-refractivity contribution < 1.29 is 9.53 Å². The van der Waals surface area contributed by atoms with E-state index in [2.05, 4.69) is 13.8 Å². The van der Waals surface area contributed by atoms with Gasteiger partial charge in [0.15, 0.2) is 5.78 Å². The SMILES string of the molecule is CC1=CC2OC2C(C)(C)CC1=O. The fraction of sp³-hybridized carbons (Fsp3) is 0.700. The highest BCUT2D eigenvalue weighted by atomic mass is 16.6. The van der Waals surface area contributed by atoms with E-state index in [1.807, 2.05) is 13.0 Å². The van der Waals surface area contributed by atoms with Crippen molar-refractivity contribution in [2.45, 2.75) is 39.4 Å². The molecule has 2 nitrogen and oxygen atoms in total. The quantitative estimate of drug-likeness (QED) is 0.512. The van der Waals surface area contributed by atoms with E-state index in [9.17, 15) is 4.79 Å². The van der Waals surface area contributed by atoms with Gasteiger partial charge in [-0.25, -0.2) is 0 Å². The van der Waals surface area contributed by atoms with E-state index in [4.69, 9.17) is 4.74 Å². The molecule has 66 valence electrons. The first kappa shape index (κ1) is 7.99. The van der Waals surface area contributed by atoms with Crippen molar-refractivity contribution in [3.8, 4) is 0 Å². The van der Waals surface area contributed by atoms with Crippen LogP contribution in [-0.4, -0.2) is 18.0 Å². The third-order valence-electron chi connectivity index (χ3n) is 2.77. The summed E-state index contributed by atoms with van der Waals surface area (Å²) in [4.78, 5) is 11.5. The van der Waals surface area contributed by atoms with Gasteiger partial charge in [0.2, 0.25) is 0 Å². The minimum atomic E-state index is 0.0238. The molecule has 0 radical (unpaired) electrons. The molecule has 2 heteroatoms. The molecule has 0 N–H and O–H groups in total. The number of hydrogen-bond acceptors (Lipinski definition) is 2. The second-order valence-electron chi connectivity index (χ2n) is 4.46. The molecular formula is C10H14O2. The normalized spacial score (nSPS) is 38.2. The second kappa shape index (κ2) is 2.19. The Kier molecular flexibility index (Phi) is 1.46. The van der Waals surface area contributed by atoms with Crippen LogP contribution in [0.1, 0.15) is 27.2 Å². The van der Waals surface area contributed by atoms with Crippen molar-refractivity contribution in [3.63, 3.8) is 0 Å². The average molecular weight is 166 g/mol. The zero-order valence-corrected chi connectivity index (χ0v) is 7.76. The van der Waals surface area contributed by atoms with Crippen LogP contribution in [0.5, 0.6) is 0 Å². The molecule has 0 aromatic rings. The van der Waals surface area contributed by atoms with Crippen molar-refractivity contribution in [2.75, 3.05) is 0 Å². The summed E-state index contributed by atoms with van der Waals surface area (Å²) in [5, 5.41) is 0. The van der Waals surface area contributed by atoms with Crippen molar-refractivity contribution in [1.29, 1.82) is 0 Å². The summed E-state index contributed by atoms with van der Waals surface area (Å²) < 4.78 is 5.46. The van der Waals surface area contributed by atoms with Crippen LogP contribution in [0.25, 0.3) is 0 Å². The lowest BCUT2D eigenvalue weighted by Crippen LogP contribution is -2.22. The number of carbonyl (C=O) groups is 1. The lowest BCUT2D eigenvalue weighted by molar-refractivity contribution is -0.117. The van der Waals surface area contributed by atoms with Crippen LogP contribution in [0.15, 0.2) is 11.6 Å². The van der Waals surface area contributed by atoms with E-state index in [-0.39, 0.29) is 23.4 Å². The van der Waals surface area contributed by atoms with Gasteiger partial charge in [0.25, 0.3) is 0 Å². The van der Waals surface area contributed by atoms with Gasteiger partial charge in [-0.05, 0) is 18.6 Å². The minimum absolute atomic E-state index is 0.0238. The Bertz CT molecular complexity index is 263. The van der Waals surface area contributed by atoms with Crippen LogP contribution in [0.2, 0.25) is 0 Å². The summed E-state index contributed by atoms with van der Waals surface area (Å²) in [6, 6.07) is 0. The van der Waals surface area contributed by atoms with E-state index in [1.165, 1.54) is 0 Å². The third-order valence-corrected chi connectivity index (χ3v) is 2.77. The van der Waals surface area contributed by atoms with Gasteiger partial charge in [0.05, 0.1) is 6.10 Å². The number of ether oxygens (including phenoxy) is 1. The number of carbonyl (C=O) groups excluding carboxylic acids is 1. The molecule has 2 unspecified atom stereocenters. The summed E-state index contributed by atoms with van der Waals surface area (Å²) in [5.74, 6) is 0.274. The predicted molar refractivity (Wildman–Crippen MR) is 45.8 cm³/mol. The van der Waals surface area contributed by atoms with Crippen molar-refractivity contribution in [3.05, 3.63) is 11.6 Å². The van der Waals surface area contributed by atoms with E-state index in [1.54, 1.807) is 0 Å². The molecule has 0 spiro atoms. The fourth-order valence-corrected chi connectivity index (χ4v) is 1.87. The summed E-state index contributed by atoms with van der Waals surface area (Å²) in [6.07, 6.45) is 3.07. The Hall–Kier alpha value is -0.630. The second-order valence-corrected chi connectivity index (χ2v) is 4.46. The first-order valence-corrected chi connectivity index (χ1v) is 4.38. The highest BCUT2D eigenvalue weighted by Gasteiger charge is 2.50. The maximum Gasteiger partial charge on any atom is 0.158 e. The smallest absolute Gasteiger partial charge is 0.158 e. The summed E-state index contributed by atoms with van der Waals surface area (Å²) >= 11 is 0. The molecule has 2 atom stereocenters. The zero-order valence-electron chi connectivity index (χ0n) is 7.76. The molecule has 0 saturated carbocycles. The monoisotopic (exact) mass is 166 g/mol. The third kappa shape index (κ3) is 1.11. The van der Waals surface area contributed by atoms with Gasteiger partial charge in [-0.15, -0.1) is 0 Å². The molecule has 12 heavy (non-hydrogen) atoms. The average Bonchev–Trinajstić information content (AvgIpc) is 2.65. The molecule has 0 bridgehead atoms. The van der Waals surface area contributed by atoms with E-state index in [0.717, 1.165) is 5.57 Å². The Morgan fingerprint density at radius 1 is 1.58 bits per heavy atom. The van der Waals surface area contributed by atoms with Crippen LogP contribution >= 0.6 is 0 Å². The molecule has 1 aliphatic carbocycles. The molecule has 1 saturated heterocycles. The molecule has 0 amide bonds. The van der Waals surface area contributed by atoms with Crippen molar-refractivity contribution in [2.24, 2.45) is 5.41 Å². The van der Waals surface area contributed by atoms with Gasteiger partial charge < -0.3 is 4.74 Å². The van der Waals surface area contributed by atoms with Crippen LogP contribution in [0.4, 0.5) is 0 Å². The molecule has 0 aromatic carbocycles. The van der Waals surface area contributed by atoms with Gasteiger partial charge in [0, 0.05) is 11.8 Å². The van der Waals surface area contributed by atoms with Crippen molar-refractivity contribution >= 4 is 5.78 Å². The molecule has 1 aliphatic heterocycles. The number of ketones is 1. The van der Waals surface area contributed by atoms with E-state index in [0.29, 0.717) is 6.42 Å². The van der Waals surface area contributed by atoms with E-state index >= 15 is 0 Å². The van der Waals surface area contributed by atoms with Crippen LogP contribution in [0, 0.1) is 5.41 Å². The van der Waals surface area contributed by atoms with Crippen LogP contribution < -0.4 is 0 Å². The highest BCUT2D eigenvalue weighted by Crippen LogP contribution is 2.44. The zero-order chi connectivity index (χ0) is 8.93. The summed E-state index contributed by atoms with van der Waals surface area (Å²) in [5.41, 5.74) is 0.892. The molecule has 2 rings (SSSR count). The number of fused-ring (bicyclic) bond motifs is 1. The molecule has 1 fully saturated rings. The van der Waals surface area contributed by atoms with Crippen molar-refractivity contribution in [1.82, 2.24) is 0 Å². The Morgan fingerprint density at radius 3 is 2.92 bits per heavy atom. The molecular weight excluding hydrogens is 152 g/mol. The number of rotatable bonds is 0. The van der Waals surface area contributed by atoms with Gasteiger partial charge in [-0.1, -0.05) is 13.8 Å². The summed E-state index contributed by atoms with van der Waals surface area (Å²) in [6.45, 7) is 6.08. The number of epoxide rings is 1. The largest absolute Gasteiger partial charge is 0.365 e. The Labute approximate surface area is 72.6 Å². The standard InChI is InChI=1S/C10H14O2/c1-6-4-8-9(12-8)10(2,3)5-7(6)11/h4,8-9H,5H2,1-3H3. The Morgan fingerprint density at radius 2 is 2.25 bits per heavy atom. The predicted octanol–water partition coefficient (Wildman–Crippen LogP) is 1.70. The van der Waals surface area contributed by atoms with E-state index < -0.39 is 0 Å². The number of allylic oxidation sites excluding steroid dienone is 1. The van der Waals surface area contributed by atoms with Gasteiger partial charge in [-0.3, -0.25) is 4.79 Å². The van der Waals surface area contributed by atoms with Crippen LogP contribution in [0.3, 0.4) is 0 Å². The highest BCUT2D eigenvalue weighted by molar-refractivity contribution is 5.95. The van der Waals surface area contributed by atoms with Gasteiger partial charge >= 0.3 is 0 Å². The van der Waals surface area contributed by atoms with Gasteiger partial charge in [0.1, 0.15) is 6.10 Å². The molecule has 0 aromatic heterocycles. The first-order chi connectivity index (χ1) is 5.50. The fourth-order valence-electron chi connectivity index (χ4n) is 1.87. The minimum Gasteiger partial charge on any atom is -0.365 e. The lowest BCUT2D eigenvalue weighted by atomic mass is 9.83. The summed E-state index contributed by atoms with van der Waals surface area (Å²) in [7, 11) is 0. The van der Waals surface area contributed by atoms with Gasteiger partial charge in [-0.2, -0.15) is 0 Å². The number of hydrogen-bond donors (Lipinski definition) is 0. The maximum absolute atomic E-state index is 11.5. The first-order valence-electron chi connectivity index (χ1n) is 4.38. The maximum atomic E-state index is 11.5. The van der Waals surface area contributed by atoms with Crippen LogP contribution in [-0.2, 0) is 9.53 Å². The lowest BCUT2D eigenvalue weighted by Gasteiger charge is -2.19. The Balaban J connectivity index is 2.28. The molecule has 2 aliphatic rings. The topological polar surface area (TPSA) is 29.6 Å². The molecule has 1 heterocycles. The number of Topliss-reactive ketones (excluding diaryl/α,β-unsaturated/α-hetero) is 1.